The molecular formula is C19H18FN5O2. The summed E-state index contributed by atoms with van der Waals surface area (Å²) in [6, 6.07) is 12.7. The molecule has 0 atom stereocenters. The van der Waals surface area contributed by atoms with Crippen LogP contribution in [0.25, 0.3) is 5.69 Å². The van der Waals surface area contributed by atoms with E-state index in [1.54, 1.807) is 37.3 Å². The second kappa shape index (κ2) is 7.77. The molecule has 0 fully saturated rings. The van der Waals surface area contributed by atoms with Crippen molar-refractivity contribution in [2.45, 2.75) is 13.3 Å². The molecule has 27 heavy (non-hydrogen) atoms. The summed E-state index contributed by atoms with van der Waals surface area (Å²) in [7, 11) is 0. The Morgan fingerprint density at radius 1 is 1.19 bits per heavy atom. The second-order valence-corrected chi connectivity index (χ2v) is 5.98. The fourth-order valence-corrected chi connectivity index (χ4v) is 2.65. The van der Waals surface area contributed by atoms with Crippen LogP contribution in [0, 0.1) is 12.7 Å². The summed E-state index contributed by atoms with van der Waals surface area (Å²) >= 11 is 0. The molecule has 3 aromatic rings. The molecule has 0 unspecified atom stereocenters. The number of nitrogens with zero attached hydrogens (tertiary/aromatic N) is 3. The molecule has 2 aromatic carbocycles. The Balaban J connectivity index is 1.64. The van der Waals surface area contributed by atoms with Crippen LogP contribution in [-0.2, 0) is 6.42 Å². The molecule has 0 aliphatic carbocycles. The Morgan fingerprint density at radius 2 is 1.93 bits per heavy atom. The van der Waals surface area contributed by atoms with Gasteiger partial charge in [-0.05, 0) is 55.3 Å². The molecule has 0 saturated carbocycles. The number of nitrogens with two attached hydrogens (primary N) is 1. The first-order chi connectivity index (χ1) is 13.0. The molecule has 0 saturated heterocycles. The zero-order chi connectivity index (χ0) is 19.4. The molecule has 3 N–H and O–H groups in total. The average molecular weight is 367 g/mol. The van der Waals surface area contributed by atoms with E-state index in [9.17, 15) is 14.0 Å². The SMILES string of the molecule is Cc1c(C(=O)NCCc2cccc(C(N)=O)c2)nnn1-c1ccc(F)cc1. The van der Waals surface area contributed by atoms with Gasteiger partial charge in [0, 0.05) is 12.1 Å². The summed E-state index contributed by atoms with van der Waals surface area (Å²) in [5.74, 6) is -1.20. The van der Waals surface area contributed by atoms with Crippen molar-refractivity contribution in [3.8, 4) is 5.69 Å². The lowest BCUT2D eigenvalue weighted by Crippen LogP contribution is -2.27. The third-order valence-corrected chi connectivity index (χ3v) is 4.09. The first-order valence-corrected chi connectivity index (χ1v) is 8.31. The van der Waals surface area contributed by atoms with Gasteiger partial charge in [-0.3, -0.25) is 9.59 Å². The summed E-state index contributed by atoms with van der Waals surface area (Å²) < 4.78 is 14.5. The number of amides is 2. The Morgan fingerprint density at radius 3 is 2.63 bits per heavy atom. The minimum absolute atomic E-state index is 0.199. The summed E-state index contributed by atoms with van der Waals surface area (Å²) in [6.45, 7) is 2.08. The third-order valence-electron chi connectivity index (χ3n) is 4.09. The molecule has 0 radical (unpaired) electrons. The number of halogens is 1. The van der Waals surface area contributed by atoms with Gasteiger partial charge >= 0.3 is 0 Å². The molecule has 0 aliphatic heterocycles. The summed E-state index contributed by atoms with van der Waals surface area (Å²) in [5, 5.41) is 10.7. The first kappa shape index (κ1) is 18.2. The lowest BCUT2D eigenvalue weighted by Gasteiger charge is -2.06. The summed E-state index contributed by atoms with van der Waals surface area (Å²) in [4.78, 5) is 23.6. The van der Waals surface area contributed by atoms with Gasteiger partial charge in [-0.1, -0.05) is 17.3 Å². The second-order valence-electron chi connectivity index (χ2n) is 5.98. The Hall–Kier alpha value is -3.55. The summed E-state index contributed by atoms with van der Waals surface area (Å²) in [5.41, 5.74) is 7.94. The van der Waals surface area contributed by atoms with Crippen molar-refractivity contribution in [2.75, 3.05) is 6.54 Å². The number of rotatable bonds is 6. The zero-order valence-electron chi connectivity index (χ0n) is 14.6. The summed E-state index contributed by atoms with van der Waals surface area (Å²) in [6.07, 6.45) is 0.540. The fraction of sp³-hybridized carbons (Fsp3) is 0.158. The highest BCUT2D eigenvalue weighted by molar-refractivity contribution is 5.93. The van der Waals surface area contributed by atoms with E-state index < -0.39 is 5.91 Å². The molecule has 0 bridgehead atoms. The maximum absolute atomic E-state index is 13.0. The highest BCUT2D eigenvalue weighted by Gasteiger charge is 2.17. The van der Waals surface area contributed by atoms with E-state index in [1.807, 2.05) is 6.07 Å². The largest absolute Gasteiger partial charge is 0.366 e. The number of aromatic nitrogens is 3. The maximum Gasteiger partial charge on any atom is 0.273 e. The number of carbonyl (C=O) groups excluding carboxylic acids is 2. The van der Waals surface area contributed by atoms with Crippen molar-refractivity contribution in [3.63, 3.8) is 0 Å². The van der Waals surface area contributed by atoms with Crippen LogP contribution in [0.5, 0.6) is 0 Å². The molecule has 2 amide bonds. The van der Waals surface area contributed by atoms with Crippen molar-refractivity contribution in [1.82, 2.24) is 20.3 Å². The topological polar surface area (TPSA) is 103 Å². The van der Waals surface area contributed by atoms with Gasteiger partial charge < -0.3 is 11.1 Å². The molecule has 7 nitrogen and oxygen atoms in total. The van der Waals surface area contributed by atoms with Gasteiger partial charge in [-0.25, -0.2) is 9.07 Å². The number of hydrogen-bond acceptors (Lipinski definition) is 4. The van der Waals surface area contributed by atoms with E-state index in [1.165, 1.54) is 16.8 Å². The molecule has 0 aliphatic rings. The lowest BCUT2D eigenvalue weighted by molar-refractivity contribution is 0.0947. The average Bonchev–Trinajstić information content (AvgIpc) is 3.04. The van der Waals surface area contributed by atoms with Crippen LogP contribution in [0.15, 0.2) is 48.5 Å². The third kappa shape index (κ3) is 4.17. The van der Waals surface area contributed by atoms with Crippen LogP contribution >= 0.6 is 0 Å². The minimum atomic E-state index is -0.492. The Labute approximate surface area is 155 Å². The smallest absolute Gasteiger partial charge is 0.273 e. The number of nitrogens with one attached hydrogen (secondary N) is 1. The van der Waals surface area contributed by atoms with Gasteiger partial charge in [0.25, 0.3) is 5.91 Å². The minimum Gasteiger partial charge on any atom is -0.366 e. The van der Waals surface area contributed by atoms with E-state index in [0.717, 1.165) is 5.56 Å². The monoisotopic (exact) mass is 367 g/mol. The predicted octanol–water partition coefficient (Wildman–Crippen LogP) is 1.79. The molecule has 0 spiro atoms. The van der Waals surface area contributed by atoms with Crippen LogP contribution in [-0.4, -0.2) is 33.4 Å². The van der Waals surface area contributed by atoms with Gasteiger partial charge in [0.05, 0.1) is 11.4 Å². The highest BCUT2D eigenvalue weighted by atomic mass is 19.1. The van der Waals surface area contributed by atoms with E-state index in [4.69, 9.17) is 5.73 Å². The van der Waals surface area contributed by atoms with E-state index in [0.29, 0.717) is 29.9 Å². The van der Waals surface area contributed by atoms with Crippen molar-refractivity contribution < 1.29 is 14.0 Å². The van der Waals surface area contributed by atoms with E-state index in [-0.39, 0.29) is 17.4 Å². The molecule has 8 heteroatoms. The van der Waals surface area contributed by atoms with Gasteiger partial charge in [0.15, 0.2) is 5.69 Å². The van der Waals surface area contributed by atoms with Crippen molar-refractivity contribution in [1.29, 1.82) is 0 Å². The number of carbonyl (C=O) groups is 2. The van der Waals surface area contributed by atoms with Gasteiger partial charge in [0.1, 0.15) is 5.82 Å². The van der Waals surface area contributed by atoms with Gasteiger partial charge in [-0.2, -0.15) is 0 Å². The van der Waals surface area contributed by atoms with Crippen LogP contribution in [0.2, 0.25) is 0 Å². The predicted molar refractivity (Wildman–Crippen MR) is 97.1 cm³/mol. The van der Waals surface area contributed by atoms with Crippen molar-refractivity contribution >= 4 is 11.8 Å². The molecule has 1 heterocycles. The quantitative estimate of drug-likeness (QED) is 0.693. The lowest BCUT2D eigenvalue weighted by atomic mass is 10.1. The normalized spacial score (nSPS) is 10.6. The first-order valence-electron chi connectivity index (χ1n) is 8.31. The molecular weight excluding hydrogens is 349 g/mol. The van der Waals surface area contributed by atoms with Gasteiger partial charge in [-0.15, -0.1) is 5.10 Å². The Bertz CT molecular complexity index is 982. The van der Waals surface area contributed by atoms with Crippen LogP contribution in [0.3, 0.4) is 0 Å². The van der Waals surface area contributed by atoms with E-state index >= 15 is 0 Å². The van der Waals surface area contributed by atoms with E-state index in [2.05, 4.69) is 15.6 Å². The van der Waals surface area contributed by atoms with Gasteiger partial charge in [0.2, 0.25) is 5.91 Å². The van der Waals surface area contributed by atoms with Crippen molar-refractivity contribution in [3.05, 3.63) is 76.9 Å². The molecule has 138 valence electrons. The van der Waals surface area contributed by atoms with Crippen LogP contribution in [0.4, 0.5) is 4.39 Å². The molecule has 3 rings (SSSR count). The maximum atomic E-state index is 13.0. The number of benzene rings is 2. The molecule has 1 aromatic heterocycles. The van der Waals surface area contributed by atoms with Crippen molar-refractivity contribution in [2.24, 2.45) is 5.73 Å². The standard InChI is InChI=1S/C19H18FN5O2/c1-12-17(23-24-25(12)16-7-5-15(20)6-8-16)19(27)22-10-9-13-3-2-4-14(11-13)18(21)26/h2-8,11H,9-10H2,1H3,(H2,21,26)(H,22,27). The number of primary amides is 1. The number of hydrogen-bond donors (Lipinski definition) is 2. The fourth-order valence-electron chi connectivity index (χ4n) is 2.65. The van der Waals surface area contributed by atoms with Crippen LogP contribution in [0.1, 0.15) is 32.1 Å². The van der Waals surface area contributed by atoms with Crippen LogP contribution < -0.4 is 11.1 Å². The Kier molecular flexibility index (Phi) is 5.25. The highest BCUT2D eigenvalue weighted by Crippen LogP contribution is 2.13. The zero-order valence-corrected chi connectivity index (χ0v) is 14.6.